The third-order valence-electron chi connectivity index (χ3n) is 2.97. The Bertz CT molecular complexity index is 649. The summed E-state index contributed by atoms with van der Waals surface area (Å²) in [7, 11) is 6.68. The second-order valence-electron chi connectivity index (χ2n) is 5.18. The van der Waals surface area contributed by atoms with Crippen LogP contribution in [-0.2, 0) is 19.8 Å². The third kappa shape index (κ3) is 3.66. The van der Waals surface area contributed by atoms with Crippen molar-refractivity contribution in [2.75, 3.05) is 30.9 Å². The Morgan fingerprint density at radius 1 is 1.18 bits per heavy atom. The molecule has 0 N–H and O–H groups in total. The molecule has 2 rings (SSSR count). The lowest BCUT2D eigenvalue weighted by atomic mass is 10.3. The van der Waals surface area contributed by atoms with Crippen LogP contribution in [-0.4, -0.2) is 40.9 Å². The molecule has 2 aromatic rings. The van der Waals surface area contributed by atoms with Crippen LogP contribution in [0.4, 0.5) is 24.9 Å². The number of rotatable bonds is 4. The number of hydrogen-bond acceptors (Lipinski definition) is 5. The highest BCUT2D eigenvalue weighted by atomic mass is 19.4. The Morgan fingerprint density at radius 3 is 2.36 bits per heavy atom. The first kappa shape index (κ1) is 16.1. The van der Waals surface area contributed by atoms with Gasteiger partial charge in [0, 0.05) is 52.6 Å². The van der Waals surface area contributed by atoms with E-state index in [1.54, 1.807) is 50.2 Å². The van der Waals surface area contributed by atoms with Crippen molar-refractivity contribution in [2.24, 2.45) is 7.05 Å². The number of halogens is 3. The van der Waals surface area contributed by atoms with Gasteiger partial charge in [-0.1, -0.05) is 0 Å². The van der Waals surface area contributed by atoms with E-state index in [1.807, 2.05) is 0 Å². The second-order valence-corrected chi connectivity index (χ2v) is 5.18. The van der Waals surface area contributed by atoms with Gasteiger partial charge < -0.3 is 9.80 Å². The molecule has 0 saturated heterocycles. The van der Waals surface area contributed by atoms with Gasteiger partial charge in [0.2, 0.25) is 5.95 Å². The van der Waals surface area contributed by atoms with E-state index in [-0.39, 0.29) is 11.8 Å². The van der Waals surface area contributed by atoms with E-state index >= 15 is 0 Å². The van der Waals surface area contributed by atoms with Gasteiger partial charge in [0.25, 0.3) is 0 Å². The summed E-state index contributed by atoms with van der Waals surface area (Å²) in [6.45, 7) is 0.363. The molecule has 2 heterocycles. The molecule has 0 amide bonds. The topological polar surface area (TPSA) is 50.1 Å². The predicted molar refractivity (Wildman–Crippen MR) is 76.7 cm³/mol. The lowest BCUT2D eigenvalue weighted by molar-refractivity contribution is -0.141. The minimum atomic E-state index is -4.52. The first-order valence-corrected chi connectivity index (χ1v) is 6.49. The zero-order chi connectivity index (χ0) is 16.5. The van der Waals surface area contributed by atoms with Crippen molar-refractivity contribution < 1.29 is 13.2 Å². The predicted octanol–water partition coefficient (Wildman–Crippen LogP) is 1.93. The number of nitrogens with zero attached hydrogens (tertiary/aromatic N) is 6. The smallest absolute Gasteiger partial charge is 0.363 e. The average Bonchev–Trinajstić information content (AvgIpc) is 2.82. The molecule has 120 valence electrons. The zero-order valence-corrected chi connectivity index (χ0v) is 12.8. The van der Waals surface area contributed by atoms with Gasteiger partial charge >= 0.3 is 6.18 Å². The molecule has 0 unspecified atom stereocenters. The van der Waals surface area contributed by atoms with E-state index in [2.05, 4.69) is 15.1 Å². The second kappa shape index (κ2) is 5.82. The van der Waals surface area contributed by atoms with E-state index in [1.165, 1.54) is 4.90 Å². The van der Waals surface area contributed by atoms with Crippen LogP contribution in [0.3, 0.4) is 0 Å². The van der Waals surface area contributed by atoms with Gasteiger partial charge in [-0.2, -0.15) is 23.3 Å². The lowest BCUT2D eigenvalue weighted by Gasteiger charge is -2.20. The number of aryl methyl sites for hydroxylation is 1. The van der Waals surface area contributed by atoms with Crippen LogP contribution >= 0.6 is 0 Å². The van der Waals surface area contributed by atoms with Gasteiger partial charge in [-0.3, -0.25) is 4.68 Å². The zero-order valence-electron chi connectivity index (χ0n) is 12.8. The molecule has 0 aliphatic rings. The monoisotopic (exact) mass is 314 g/mol. The van der Waals surface area contributed by atoms with Gasteiger partial charge in [0.1, 0.15) is 5.82 Å². The highest BCUT2D eigenvalue weighted by Gasteiger charge is 2.34. The van der Waals surface area contributed by atoms with Crippen molar-refractivity contribution in [2.45, 2.75) is 12.7 Å². The molecule has 0 aliphatic carbocycles. The van der Waals surface area contributed by atoms with E-state index in [9.17, 15) is 13.2 Å². The lowest BCUT2D eigenvalue weighted by Crippen LogP contribution is -2.23. The maximum atomic E-state index is 13.0. The molecular formula is C13H17F3N6. The van der Waals surface area contributed by atoms with Crippen LogP contribution < -0.4 is 9.80 Å². The number of aromatic nitrogens is 4. The van der Waals surface area contributed by atoms with Gasteiger partial charge in [-0.15, -0.1) is 0 Å². The van der Waals surface area contributed by atoms with Gasteiger partial charge in [-0.05, 0) is 0 Å². The first-order chi connectivity index (χ1) is 10.2. The average molecular weight is 314 g/mol. The summed E-state index contributed by atoms with van der Waals surface area (Å²) in [5.41, 5.74) is -0.100. The van der Waals surface area contributed by atoms with Crippen molar-refractivity contribution in [3.8, 4) is 0 Å². The molecule has 0 fully saturated rings. The third-order valence-corrected chi connectivity index (χ3v) is 2.97. The Morgan fingerprint density at radius 2 is 1.86 bits per heavy atom. The standard InChI is InChI=1S/C13H17F3N6/c1-20(2)11-5-10(13(14,15)16)18-12(19-11)21(3)7-9-6-17-22(4)8-9/h5-6,8H,7H2,1-4H3. The molecule has 2 aromatic heterocycles. The fourth-order valence-electron chi connectivity index (χ4n) is 1.87. The normalized spacial score (nSPS) is 11.6. The van der Waals surface area contributed by atoms with Crippen molar-refractivity contribution in [3.05, 3.63) is 29.7 Å². The van der Waals surface area contributed by atoms with Crippen molar-refractivity contribution in [3.63, 3.8) is 0 Å². The fraction of sp³-hybridized carbons (Fsp3) is 0.462. The van der Waals surface area contributed by atoms with Crippen molar-refractivity contribution in [1.29, 1.82) is 0 Å². The van der Waals surface area contributed by atoms with Crippen LogP contribution in [0.15, 0.2) is 18.5 Å². The van der Waals surface area contributed by atoms with Crippen LogP contribution in [0, 0.1) is 0 Å². The molecule has 6 nitrogen and oxygen atoms in total. The summed E-state index contributed by atoms with van der Waals surface area (Å²) in [6.07, 6.45) is -1.08. The van der Waals surface area contributed by atoms with E-state index in [0.717, 1.165) is 11.6 Å². The molecule has 0 aromatic carbocycles. The minimum absolute atomic E-state index is 0.0161. The fourth-order valence-corrected chi connectivity index (χ4v) is 1.87. The Hall–Kier alpha value is -2.32. The Kier molecular flexibility index (Phi) is 4.25. The number of hydrogen-bond donors (Lipinski definition) is 0. The molecule has 22 heavy (non-hydrogen) atoms. The maximum Gasteiger partial charge on any atom is 0.433 e. The van der Waals surface area contributed by atoms with E-state index in [0.29, 0.717) is 6.54 Å². The van der Waals surface area contributed by atoms with Gasteiger partial charge in [0.15, 0.2) is 5.69 Å². The van der Waals surface area contributed by atoms with Crippen molar-refractivity contribution in [1.82, 2.24) is 19.7 Å². The Labute approximate surface area is 126 Å². The maximum absolute atomic E-state index is 13.0. The summed E-state index contributed by atoms with van der Waals surface area (Å²) >= 11 is 0. The number of alkyl halides is 3. The van der Waals surface area contributed by atoms with E-state index in [4.69, 9.17) is 0 Å². The van der Waals surface area contributed by atoms with Gasteiger partial charge in [-0.25, -0.2) is 4.98 Å². The minimum Gasteiger partial charge on any atom is -0.363 e. The van der Waals surface area contributed by atoms with Crippen molar-refractivity contribution >= 4 is 11.8 Å². The molecule has 9 heteroatoms. The number of anilines is 2. The van der Waals surface area contributed by atoms with Crippen LogP contribution in [0.2, 0.25) is 0 Å². The molecule has 0 atom stereocenters. The molecule has 0 bridgehead atoms. The first-order valence-electron chi connectivity index (χ1n) is 6.49. The molecular weight excluding hydrogens is 297 g/mol. The SMILES string of the molecule is CN(C)c1cc(C(F)(F)F)nc(N(C)Cc2cnn(C)c2)n1. The summed E-state index contributed by atoms with van der Waals surface area (Å²) < 4.78 is 40.5. The van der Waals surface area contributed by atoms with E-state index < -0.39 is 11.9 Å². The molecule has 0 aliphatic heterocycles. The summed E-state index contributed by atoms with van der Waals surface area (Å²) in [5, 5.41) is 4.03. The summed E-state index contributed by atoms with van der Waals surface area (Å²) in [5.74, 6) is 0.220. The largest absolute Gasteiger partial charge is 0.433 e. The Balaban J connectivity index is 2.34. The summed E-state index contributed by atoms with van der Waals surface area (Å²) in [6, 6.07) is 0.932. The van der Waals surface area contributed by atoms with Crippen LogP contribution in [0.1, 0.15) is 11.3 Å². The molecule has 0 spiro atoms. The quantitative estimate of drug-likeness (QED) is 0.863. The highest BCUT2D eigenvalue weighted by Crippen LogP contribution is 2.30. The summed E-state index contributed by atoms with van der Waals surface area (Å²) in [4.78, 5) is 10.9. The molecule has 0 saturated carbocycles. The molecule has 0 radical (unpaired) electrons. The van der Waals surface area contributed by atoms with Crippen LogP contribution in [0.5, 0.6) is 0 Å². The van der Waals surface area contributed by atoms with Gasteiger partial charge in [0.05, 0.1) is 6.20 Å². The van der Waals surface area contributed by atoms with Crippen LogP contribution in [0.25, 0.3) is 0 Å². The highest BCUT2D eigenvalue weighted by molar-refractivity contribution is 5.45.